The second-order valence-electron chi connectivity index (χ2n) is 22.2. The Balaban J connectivity index is 1.15. The highest BCUT2D eigenvalue weighted by Crippen LogP contribution is 2.53. The minimum Gasteiger partial charge on any atom is -0.355 e. The molecule has 0 amide bonds. The molecular formula is C62H52BN4S2. The van der Waals surface area contributed by atoms with Gasteiger partial charge < -0.3 is 14.5 Å². The molecule has 14 rings (SSSR count). The summed E-state index contributed by atoms with van der Waals surface area (Å²) < 4.78 is 10.2. The van der Waals surface area contributed by atoms with Crippen LogP contribution in [0.1, 0.15) is 78.0 Å². The smallest absolute Gasteiger partial charge is 0.198 e. The first-order valence-corrected chi connectivity index (χ1v) is 26.1. The molecule has 0 fully saturated rings. The molecule has 0 unspecified atom stereocenters. The number of aromatic nitrogens is 3. The Hall–Kier alpha value is -6.67. The van der Waals surface area contributed by atoms with Crippen molar-refractivity contribution in [1.82, 2.24) is 14.1 Å². The van der Waals surface area contributed by atoms with Crippen molar-refractivity contribution in [2.75, 3.05) is 5.32 Å². The molecule has 8 aromatic carbocycles. The molecule has 1 aliphatic carbocycles. The molecule has 69 heavy (non-hydrogen) atoms. The van der Waals surface area contributed by atoms with Gasteiger partial charge in [-0.05, 0) is 117 Å². The van der Waals surface area contributed by atoms with Crippen LogP contribution in [0.5, 0.6) is 0 Å². The Morgan fingerprint density at radius 2 is 1.32 bits per heavy atom. The average Bonchev–Trinajstić information content (AvgIpc) is 4.09. The first kappa shape index (κ1) is 41.3. The lowest BCUT2D eigenvalue weighted by atomic mass is 9.58. The quantitative estimate of drug-likeness (QED) is 0.179. The van der Waals surface area contributed by atoms with E-state index in [9.17, 15) is 0 Å². The van der Waals surface area contributed by atoms with Gasteiger partial charge >= 0.3 is 0 Å². The van der Waals surface area contributed by atoms with Crippen LogP contribution in [0.15, 0.2) is 140 Å². The zero-order valence-corrected chi connectivity index (χ0v) is 42.1. The second-order valence-corrected chi connectivity index (χ2v) is 24.3. The maximum Gasteiger partial charge on any atom is 0.198 e. The summed E-state index contributed by atoms with van der Waals surface area (Å²) in [5.74, 6) is 0.973. The van der Waals surface area contributed by atoms with Gasteiger partial charge in [0.25, 0.3) is 0 Å². The van der Waals surface area contributed by atoms with Gasteiger partial charge in [0.15, 0.2) is 7.28 Å². The molecule has 7 heteroatoms. The Labute approximate surface area is 411 Å². The highest BCUT2D eigenvalue weighted by molar-refractivity contribution is 7.27. The van der Waals surface area contributed by atoms with Crippen LogP contribution >= 0.6 is 22.7 Å². The number of nitrogens with one attached hydrogen (secondary N) is 1. The fraction of sp³-hybridized carbons (Fsp3) is 0.210. The SMILES string of the molecule is Cn1c(-c2ccccc2)nc2cc3c(cc21)-n1c2cc4c(cc2c2c5c(sc6ccccc65)c(-c5cc6c(cc5Nc5ccc(C(C)(C)C)cc5)sc5ccccc56)c(c21)[B]3)C(C)(C)CCC4(C)C. The maximum atomic E-state index is 5.36. The van der Waals surface area contributed by atoms with Crippen LogP contribution in [-0.2, 0) is 23.3 Å². The lowest BCUT2D eigenvalue weighted by molar-refractivity contribution is 0.332. The number of fused-ring (bicyclic) bond motifs is 14. The molecule has 12 aromatic rings. The lowest BCUT2D eigenvalue weighted by Gasteiger charge is -2.42. The summed E-state index contributed by atoms with van der Waals surface area (Å²) in [7, 11) is 4.68. The number of rotatable bonds is 4. The fourth-order valence-electron chi connectivity index (χ4n) is 12.1. The van der Waals surface area contributed by atoms with Crippen LogP contribution in [0.25, 0.3) is 101 Å². The number of aryl methyl sites for hydroxylation is 1. The molecule has 0 spiro atoms. The van der Waals surface area contributed by atoms with Crippen LogP contribution in [-0.4, -0.2) is 21.4 Å². The predicted octanol–water partition coefficient (Wildman–Crippen LogP) is 16.1. The molecule has 5 heterocycles. The van der Waals surface area contributed by atoms with Crippen molar-refractivity contribution in [3.05, 3.63) is 156 Å². The summed E-state index contributed by atoms with van der Waals surface area (Å²) in [4.78, 5) is 5.36. The standard InChI is InChI=1S/C62H52BN4S2/c1-60(2,3)35-22-24-36(25-23-35)64-45-32-52-39(37-18-12-14-20-50(37)68-52)28-40(45)55-56-57-53(54-38-19-13-15-21-51(38)69-58(54)55)41-29-42-43(62(6,7)27-26-61(42,4)5)30-47(41)67(57)48-33-49-46(31-44(48)63-56)65-59(66(49)8)34-16-10-9-11-17-34/h9-25,28-33,64H,26-27H2,1-8H3. The van der Waals surface area contributed by atoms with Crippen LogP contribution < -0.4 is 16.2 Å². The number of hydrogen-bond donors (Lipinski definition) is 1. The van der Waals surface area contributed by atoms with Crippen molar-refractivity contribution in [2.45, 2.75) is 77.6 Å². The second kappa shape index (κ2) is 14.2. The first-order chi connectivity index (χ1) is 33.2. The predicted molar refractivity (Wildman–Crippen MR) is 300 cm³/mol. The van der Waals surface area contributed by atoms with Crippen molar-refractivity contribution < 1.29 is 0 Å². The summed E-state index contributed by atoms with van der Waals surface area (Å²) in [6, 6.07) is 52.7. The van der Waals surface area contributed by atoms with Gasteiger partial charge in [0.05, 0.1) is 16.6 Å². The van der Waals surface area contributed by atoms with Crippen LogP contribution in [0.4, 0.5) is 11.4 Å². The minimum absolute atomic E-state index is 0.0404. The van der Waals surface area contributed by atoms with Gasteiger partial charge in [-0.1, -0.05) is 133 Å². The van der Waals surface area contributed by atoms with Crippen molar-refractivity contribution >= 4 is 125 Å². The molecule has 0 atom stereocenters. The zero-order chi connectivity index (χ0) is 46.9. The van der Waals surface area contributed by atoms with Gasteiger partial charge in [0.2, 0.25) is 0 Å². The van der Waals surface area contributed by atoms with Crippen molar-refractivity contribution in [3.63, 3.8) is 0 Å². The lowest BCUT2D eigenvalue weighted by Crippen LogP contribution is -2.37. The van der Waals surface area contributed by atoms with Crippen molar-refractivity contribution in [3.8, 4) is 28.2 Å². The minimum atomic E-state index is 0.0404. The average molecular weight is 928 g/mol. The molecule has 1 N–H and O–H groups in total. The Kier molecular flexibility index (Phi) is 8.51. The summed E-state index contributed by atoms with van der Waals surface area (Å²) in [6.07, 6.45) is 2.32. The van der Waals surface area contributed by atoms with Gasteiger partial charge in [0.1, 0.15) is 5.82 Å². The largest absolute Gasteiger partial charge is 0.355 e. The van der Waals surface area contributed by atoms with Crippen LogP contribution in [0.3, 0.4) is 0 Å². The highest BCUT2D eigenvalue weighted by Gasteiger charge is 2.39. The van der Waals surface area contributed by atoms with E-state index in [1.807, 2.05) is 22.7 Å². The summed E-state index contributed by atoms with van der Waals surface area (Å²) >= 11 is 3.82. The molecule has 1 radical (unpaired) electrons. The number of benzene rings is 8. The van der Waals surface area contributed by atoms with Crippen LogP contribution in [0.2, 0.25) is 0 Å². The summed E-state index contributed by atoms with van der Waals surface area (Å²) in [5, 5.41) is 12.0. The Morgan fingerprint density at radius 3 is 2.06 bits per heavy atom. The van der Waals surface area contributed by atoms with Crippen LogP contribution in [0, 0.1) is 0 Å². The van der Waals surface area contributed by atoms with E-state index in [1.165, 1.54) is 107 Å². The Bertz CT molecular complexity index is 4170. The van der Waals surface area contributed by atoms with E-state index in [2.05, 4.69) is 217 Å². The highest BCUT2D eigenvalue weighted by atomic mass is 32.1. The number of nitrogens with zero attached hydrogens (tertiary/aromatic N) is 3. The van der Waals surface area contributed by atoms with Gasteiger partial charge in [-0.2, -0.15) is 0 Å². The fourth-order valence-corrected chi connectivity index (χ4v) is 14.5. The van der Waals surface area contributed by atoms with E-state index in [0.29, 0.717) is 0 Å². The molecule has 335 valence electrons. The van der Waals surface area contributed by atoms with E-state index < -0.39 is 0 Å². The third-order valence-corrected chi connectivity index (χ3v) is 18.3. The molecule has 2 aliphatic rings. The van der Waals surface area contributed by atoms with E-state index in [0.717, 1.165) is 46.6 Å². The molecule has 4 aromatic heterocycles. The third kappa shape index (κ3) is 5.96. The van der Waals surface area contributed by atoms with E-state index >= 15 is 0 Å². The van der Waals surface area contributed by atoms with E-state index in [4.69, 9.17) is 4.98 Å². The summed E-state index contributed by atoms with van der Waals surface area (Å²) in [5.41, 5.74) is 18.5. The molecule has 0 saturated carbocycles. The normalized spacial score (nSPS) is 15.2. The number of hydrogen-bond acceptors (Lipinski definition) is 4. The van der Waals surface area contributed by atoms with Crippen molar-refractivity contribution in [2.24, 2.45) is 7.05 Å². The van der Waals surface area contributed by atoms with Crippen molar-refractivity contribution in [1.29, 1.82) is 0 Å². The topological polar surface area (TPSA) is 34.8 Å². The van der Waals surface area contributed by atoms with Gasteiger partial charge in [-0.15, -0.1) is 22.7 Å². The number of thiophene rings is 2. The third-order valence-electron chi connectivity index (χ3n) is 16.0. The van der Waals surface area contributed by atoms with E-state index in [1.54, 1.807) is 0 Å². The maximum absolute atomic E-state index is 5.36. The molecule has 1 aliphatic heterocycles. The summed E-state index contributed by atoms with van der Waals surface area (Å²) in [6.45, 7) is 16.7. The molecular weight excluding hydrogens is 876 g/mol. The molecule has 0 saturated heterocycles. The Morgan fingerprint density at radius 1 is 0.638 bits per heavy atom. The van der Waals surface area contributed by atoms with Gasteiger partial charge in [-0.3, -0.25) is 0 Å². The molecule has 0 bridgehead atoms. The number of anilines is 2. The molecule has 4 nitrogen and oxygen atoms in total. The first-order valence-electron chi connectivity index (χ1n) is 24.5. The monoisotopic (exact) mass is 927 g/mol. The zero-order valence-electron chi connectivity index (χ0n) is 40.4. The van der Waals surface area contributed by atoms with Gasteiger partial charge in [0, 0.05) is 91.9 Å². The van der Waals surface area contributed by atoms with E-state index in [-0.39, 0.29) is 16.2 Å². The number of imidazole rings is 1. The van der Waals surface area contributed by atoms with Gasteiger partial charge in [-0.25, -0.2) is 4.98 Å².